The molecule has 3 aliphatic heterocycles. The van der Waals surface area contributed by atoms with Crippen LogP contribution in [0.1, 0.15) is 94.1 Å². The van der Waals surface area contributed by atoms with E-state index in [1.165, 1.54) is 6.42 Å². The first-order valence-corrected chi connectivity index (χ1v) is 18.9. The van der Waals surface area contributed by atoms with Gasteiger partial charge in [-0.05, 0) is 87.7 Å². The number of benzene rings is 1. The van der Waals surface area contributed by atoms with Crippen molar-refractivity contribution in [1.29, 1.82) is 0 Å². The van der Waals surface area contributed by atoms with Gasteiger partial charge < -0.3 is 15.4 Å². The van der Waals surface area contributed by atoms with Crippen molar-refractivity contribution in [2.24, 2.45) is 17.6 Å². The second-order valence-corrected chi connectivity index (χ2v) is 15.0. The zero-order chi connectivity index (χ0) is 40.5. The van der Waals surface area contributed by atoms with Crippen LogP contribution in [-0.4, -0.2) is 100 Å². The minimum absolute atomic E-state index is 0.0413. The van der Waals surface area contributed by atoms with E-state index in [4.69, 9.17) is 10.5 Å². The van der Waals surface area contributed by atoms with Crippen LogP contribution >= 0.6 is 0 Å². The van der Waals surface area contributed by atoms with Gasteiger partial charge in [-0.25, -0.2) is 9.18 Å². The Bertz CT molecular complexity index is 1730. The van der Waals surface area contributed by atoms with Crippen molar-refractivity contribution < 1.29 is 59.4 Å². The Morgan fingerprint density at radius 3 is 2.02 bits per heavy atom. The van der Waals surface area contributed by atoms with Gasteiger partial charge in [0.2, 0.25) is 5.91 Å². The number of rotatable bonds is 10. The molecule has 2 N–H and O–H groups in total. The minimum atomic E-state index is -5.77. The number of hydrogen-bond acceptors (Lipinski definition) is 8. The highest BCUT2D eigenvalue weighted by Crippen LogP contribution is 2.41. The SMILES string of the molecule is CCC1(CC)OC(=O)c2cc3cc(CC(=O)[C@@H]4[C@H](N5CCCCC5)CCN4C(=O)C4CCC([C@H](N)CF)CC4)ccc3n21.O=C(C(=O)C(F)(F)F)C(F)(F)F. The molecule has 17 heteroatoms. The Balaban J connectivity index is 0.000000418. The molecule has 0 spiro atoms. The van der Waals surface area contributed by atoms with Crippen LogP contribution < -0.4 is 5.73 Å². The number of aromatic nitrogens is 1. The molecule has 1 aromatic heterocycles. The first kappa shape index (κ1) is 42.3. The number of cyclic esters (lactones) is 1. The molecule has 55 heavy (non-hydrogen) atoms. The van der Waals surface area contributed by atoms with Crippen molar-refractivity contribution in [2.75, 3.05) is 26.3 Å². The molecule has 304 valence electrons. The molecule has 10 nitrogen and oxygen atoms in total. The largest absolute Gasteiger partial charge is 0.458 e. The monoisotopic (exact) mass is 788 g/mol. The van der Waals surface area contributed by atoms with Crippen molar-refractivity contribution in [3.8, 4) is 0 Å². The summed E-state index contributed by atoms with van der Waals surface area (Å²) in [7, 11) is 0. The molecule has 1 saturated carbocycles. The third-order valence-electron chi connectivity index (χ3n) is 11.7. The maximum absolute atomic E-state index is 14.2. The number of ether oxygens (including phenoxy) is 1. The summed E-state index contributed by atoms with van der Waals surface area (Å²) in [5.74, 6) is -6.96. The predicted molar refractivity (Wildman–Crippen MR) is 185 cm³/mol. The molecule has 3 atom stereocenters. The van der Waals surface area contributed by atoms with Crippen LogP contribution in [0, 0.1) is 11.8 Å². The summed E-state index contributed by atoms with van der Waals surface area (Å²) in [5.41, 5.74) is 7.69. The zero-order valence-electron chi connectivity index (χ0n) is 30.8. The fourth-order valence-electron chi connectivity index (χ4n) is 8.71. The van der Waals surface area contributed by atoms with E-state index < -0.39 is 48.4 Å². The van der Waals surface area contributed by atoms with E-state index in [9.17, 15) is 54.7 Å². The van der Waals surface area contributed by atoms with Gasteiger partial charge in [-0.3, -0.25) is 28.6 Å². The van der Waals surface area contributed by atoms with Crippen molar-refractivity contribution in [3.63, 3.8) is 0 Å². The smallest absolute Gasteiger partial charge is 0.434 e. The van der Waals surface area contributed by atoms with E-state index in [2.05, 4.69) is 4.90 Å². The van der Waals surface area contributed by atoms with Crippen LogP contribution in [0.2, 0.25) is 0 Å². The molecule has 0 bridgehead atoms. The number of carbonyl (C=O) groups is 5. The van der Waals surface area contributed by atoms with Crippen LogP contribution in [0.25, 0.3) is 10.9 Å². The first-order chi connectivity index (χ1) is 25.9. The number of fused-ring (bicyclic) bond motifs is 3. The lowest BCUT2D eigenvalue weighted by molar-refractivity contribution is -0.193. The van der Waals surface area contributed by atoms with Crippen LogP contribution in [0.15, 0.2) is 24.3 Å². The fraction of sp³-hybridized carbons (Fsp3) is 0.658. The molecule has 3 fully saturated rings. The number of nitrogens with two attached hydrogens (primary N) is 1. The Kier molecular flexibility index (Phi) is 12.8. The number of ketones is 3. The summed E-state index contributed by atoms with van der Waals surface area (Å²) in [6.07, 6.45) is -2.74. The molecule has 1 aliphatic carbocycles. The number of carbonyl (C=O) groups excluding carboxylic acids is 5. The maximum atomic E-state index is 14.2. The highest BCUT2D eigenvalue weighted by Gasteiger charge is 2.54. The van der Waals surface area contributed by atoms with Gasteiger partial charge in [0.15, 0.2) is 11.5 Å². The number of hydrogen-bond donors (Lipinski definition) is 1. The van der Waals surface area contributed by atoms with Crippen LogP contribution in [0.3, 0.4) is 0 Å². The Labute approximate surface area is 313 Å². The van der Waals surface area contributed by atoms with E-state index in [1.54, 1.807) is 0 Å². The highest BCUT2D eigenvalue weighted by molar-refractivity contribution is 6.41. The van der Waals surface area contributed by atoms with Gasteiger partial charge in [-0.2, -0.15) is 26.3 Å². The normalized spacial score (nSPS) is 24.8. The lowest BCUT2D eigenvalue weighted by atomic mass is 9.78. The molecule has 0 radical (unpaired) electrons. The third-order valence-corrected chi connectivity index (χ3v) is 11.7. The Morgan fingerprint density at radius 2 is 1.47 bits per heavy atom. The zero-order valence-corrected chi connectivity index (χ0v) is 30.8. The molecule has 0 unspecified atom stereocenters. The number of alkyl halides is 7. The average Bonchev–Trinajstić information content (AvgIpc) is 3.86. The Hall–Kier alpha value is -3.86. The molecule has 1 amide bonds. The van der Waals surface area contributed by atoms with Gasteiger partial charge in [0, 0.05) is 49.2 Å². The predicted octanol–water partition coefficient (Wildman–Crippen LogP) is 6.20. The van der Waals surface area contributed by atoms with E-state index in [1.807, 2.05) is 47.6 Å². The molecular formula is C38H47F7N4O6. The first-order valence-electron chi connectivity index (χ1n) is 18.9. The molecule has 4 heterocycles. The summed E-state index contributed by atoms with van der Waals surface area (Å²) in [5, 5.41) is 0.929. The minimum Gasteiger partial charge on any atom is -0.434 e. The number of esters is 1. The lowest BCUT2D eigenvalue weighted by Crippen LogP contribution is -2.54. The summed E-state index contributed by atoms with van der Waals surface area (Å²) in [4.78, 5) is 64.5. The van der Waals surface area contributed by atoms with Gasteiger partial charge in [0.1, 0.15) is 18.4 Å². The number of piperidine rings is 1. The third kappa shape index (κ3) is 8.76. The molecule has 2 saturated heterocycles. The summed E-state index contributed by atoms with van der Waals surface area (Å²) >= 11 is 0. The van der Waals surface area contributed by atoms with Gasteiger partial charge in [-0.1, -0.05) is 26.3 Å². The number of likely N-dealkylation sites (tertiary alicyclic amines) is 2. The highest BCUT2D eigenvalue weighted by atomic mass is 19.4. The molecular weight excluding hydrogens is 741 g/mol. The van der Waals surface area contributed by atoms with Crippen molar-refractivity contribution in [3.05, 3.63) is 35.5 Å². The Morgan fingerprint density at radius 1 is 0.873 bits per heavy atom. The van der Waals surface area contributed by atoms with Crippen molar-refractivity contribution in [2.45, 2.75) is 121 Å². The van der Waals surface area contributed by atoms with Crippen LogP contribution in [0.4, 0.5) is 30.7 Å². The summed E-state index contributed by atoms with van der Waals surface area (Å²) in [6, 6.07) is 7.02. The molecule has 1 aromatic carbocycles. The molecule has 6 rings (SSSR count). The fourth-order valence-corrected chi connectivity index (χ4v) is 8.71. The average molecular weight is 789 g/mol. The van der Waals surface area contributed by atoms with Gasteiger partial charge in [0.05, 0.1) is 5.52 Å². The number of amides is 1. The standard InChI is InChI=1S/C34H47FN4O4.C4F6O2/c1-3-34(4-2)39-27-13-8-22(18-25(27)20-29(39)33(42)43-34)19-30(40)31-28(37-15-6-5-7-16-37)14-17-38(31)32(41)24-11-9-23(10-12-24)26(36)21-35;5-3(6,7)1(11)2(12)4(8,9)10/h8,13,18,20,23-24,26,28,31H,3-7,9-12,14-17,19,21,36H2,1-2H3;/t23?,24?,26-,28-,31+;/m1./s1. The van der Waals surface area contributed by atoms with Gasteiger partial charge in [-0.15, -0.1) is 0 Å². The maximum Gasteiger partial charge on any atom is 0.458 e. The summed E-state index contributed by atoms with van der Waals surface area (Å²) in [6.45, 7) is 6.08. The van der Waals surface area contributed by atoms with E-state index >= 15 is 0 Å². The number of Topliss-reactive ketones (excluding diaryl/α,β-unsaturated/α-hetero) is 3. The van der Waals surface area contributed by atoms with E-state index in [0.29, 0.717) is 37.9 Å². The molecule has 2 aromatic rings. The second kappa shape index (κ2) is 16.7. The molecule has 4 aliphatic rings. The van der Waals surface area contributed by atoms with Crippen molar-refractivity contribution >= 4 is 40.1 Å². The van der Waals surface area contributed by atoms with E-state index in [0.717, 1.165) is 61.7 Å². The number of nitrogens with zero attached hydrogens (tertiary/aromatic N) is 3. The quantitative estimate of drug-likeness (QED) is 0.171. The van der Waals surface area contributed by atoms with Crippen LogP contribution in [0.5, 0.6) is 0 Å². The van der Waals surface area contributed by atoms with E-state index in [-0.39, 0.29) is 42.0 Å². The lowest BCUT2D eigenvalue weighted by Gasteiger charge is -2.38. The number of halogens is 7. The van der Waals surface area contributed by atoms with Gasteiger partial charge in [0.25, 0.3) is 0 Å². The second-order valence-electron chi connectivity index (χ2n) is 15.0. The topological polar surface area (TPSA) is 132 Å². The summed E-state index contributed by atoms with van der Waals surface area (Å²) < 4.78 is 87.9. The van der Waals surface area contributed by atoms with Gasteiger partial charge >= 0.3 is 29.9 Å². The van der Waals surface area contributed by atoms with Crippen molar-refractivity contribution in [1.82, 2.24) is 14.4 Å². The van der Waals surface area contributed by atoms with Crippen LogP contribution in [-0.2, 0) is 36.1 Å².